The van der Waals surface area contributed by atoms with Crippen molar-refractivity contribution in [3.63, 3.8) is 0 Å². The second-order valence-corrected chi connectivity index (χ2v) is 13.9. The lowest BCUT2D eigenvalue weighted by molar-refractivity contribution is 0.666. The van der Waals surface area contributed by atoms with Crippen molar-refractivity contribution in [1.29, 1.82) is 0 Å². The van der Waals surface area contributed by atoms with Gasteiger partial charge in [-0.2, -0.15) is 0 Å². The highest BCUT2D eigenvalue weighted by Crippen LogP contribution is 2.44. The third-order valence-electron chi connectivity index (χ3n) is 10.7. The summed E-state index contributed by atoms with van der Waals surface area (Å²) in [5, 5.41) is 3.41. The second kappa shape index (κ2) is 12.3. The van der Waals surface area contributed by atoms with Crippen LogP contribution in [0.15, 0.2) is 192 Å². The van der Waals surface area contributed by atoms with E-state index in [0.717, 1.165) is 33.2 Å². The summed E-state index contributed by atoms with van der Waals surface area (Å²) in [6, 6.07) is 47.4. The number of nitrogens with zero attached hydrogens (tertiary/aromatic N) is 5. The van der Waals surface area contributed by atoms with Crippen LogP contribution in [0.1, 0.15) is 8.22 Å². The van der Waals surface area contributed by atoms with E-state index in [-0.39, 0.29) is 36.3 Å². The van der Waals surface area contributed by atoms with Gasteiger partial charge in [-0.25, -0.2) is 15.0 Å². The normalized spacial score (nSPS) is 13.3. The summed E-state index contributed by atoms with van der Waals surface area (Å²) >= 11 is 0. The maximum atomic E-state index is 9.60. The Balaban J connectivity index is 1.18. The Kier molecular flexibility index (Phi) is 5.64. The molecule has 0 atom stereocenters. The fraction of sp³-hybridized carbons (Fsp3) is 0. The van der Waals surface area contributed by atoms with E-state index in [4.69, 9.17) is 23.5 Å². The molecule has 0 spiro atoms. The minimum atomic E-state index is -0.0798. The summed E-state index contributed by atoms with van der Waals surface area (Å²) in [5.74, 6) is 1.60. The van der Waals surface area contributed by atoms with E-state index in [0.29, 0.717) is 77.9 Å². The molecule has 0 N–H and O–H groups in total. The third-order valence-corrected chi connectivity index (χ3v) is 10.7. The van der Waals surface area contributed by atoms with Crippen molar-refractivity contribution >= 4 is 65.6 Å². The molecule has 12 aromatic rings. The number of aromatic nitrogens is 5. The quantitative estimate of drug-likeness (QED) is 0.177. The molecule has 0 saturated heterocycles. The van der Waals surface area contributed by atoms with E-state index < -0.39 is 0 Å². The molecular formula is C51H31N5O. The van der Waals surface area contributed by atoms with Crippen LogP contribution in [0.3, 0.4) is 0 Å². The van der Waals surface area contributed by atoms with E-state index in [1.165, 1.54) is 12.1 Å². The van der Waals surface area contributed by atoms with Gasteiger partial charge in [0.05, 0.1) is 36.0 Å². The Morgan fingerprint density at radius 3 is 1.61 bits per heavy atom. The maximum Gasteiger partial charge on any atom is 0.164 e. The molecule has 266 valence electrons. The number of hydrogen-bond acceptors (Lipinski definition) is 4. The van der Waals surface area contributed by atoms with Crippen LogP contribution in [0, 0.1) is 0 Å². The molecule has 0 unspecified atom stereocenters. The minimum absolute atomic E-state index is 0.0678. The van der Waals surface area contributed by atoms with Crippen LogP contribution < -0.4 is 0 Å². The van der Waals surface area contributed by atoms with Gasteiger partial charge in [-0.3, -0.25) is 0 Å². The van der Waals surface area contributed by atoms with E-state index in [2.05, 4.69) is 0 Å². The fourth-order valence-electron chi connectivity index (χ4n) is 8.16. The first-order chi connectivity index (χ1) is 30.7. The maximum absolute atomic E-state index is 9.60. The smallest absolute Gasteiger partial charge is 0.164 e. The molecular weight excluding hydrogens is 699 g/mol. The van der Waals surface area contributed by atoms with Crippen molar-refractivity contribution in [3.8, 4) is 45.5 Å². The van der Waals surface area contributed by atoms with Gasteiger partial charge < -0.3 is 13.6 Å². The second-order valence-electron chi connectivity index (χ2n) is 13.9. The first kappa shape index (κ1) is 26.1. The van der Waals surface area contributed by atoms with Gasteiger partial charge in [0.25, 0.3) is 0 Å². The largest absolute Gasteiger partial charge is 0.454 e. The SMILES string of the molecule is [2H]c1cc([2H])c2c(c1)c1c([2H])c([2H])c3c4cc([2H])cc([2H])c4n(-c4cccc5c4oc4ccc(-c6nc(-c7ccccc7)nc(-c7ccccc7)n6)cc45)c3c1n2-c1ccccc1. The lowest BCUT2D eigenvalue weighted by Gasteiger charge is -2.12. The molecule has 0 radical (unpaired) electrons. The van der Waals surface area contributed by atoms with Gasteiger partial charge in [-0.05, 0) is 48.5 Å². The van der Waals surface area contributed by atoms with Crippen molar-refractivity contribution in [2.24, 2.45) is 0 Å². The van der Waals surface area contributed by atoms with Gasteiger partial charge >= 0.3 is 0 Å². The van der Waals surface area contributed by atoms with Gasteiger partial charge in [-0.15, -0.1) is 0 Å². The van der Waals surface area contributed by atoms with Gasteiger partial charge in [-0.1, -0.05) is 139 Å². The van der Waals surface area contributed by atoms with Crippen molar-refractivity contribution in [2.75, 3.05) is 0 Å². The number of furan rings is 1. The Morgan fingerprint density at radius 1 is 0.421 bits per heavy atom. The lowest BCUT2D eigenvalue weighted by atomic mass is 10.1. The first-order valence-electron chi connectivity index (χ1n) is 21.6. The van der Waals surface area contributed by atoms with E-state index >= 15 is 0 Å². The molecule has 0 amide bonds. The number of hydrogen-bond donors (Lipinski definition) is 0. The standard InChI is InChI=1S/C51H31N5O/c1-4-15-32(16-5-1)49-52-50(33-17-6-2-7-18-33)54-51(53-49)34-27-30-45-41(31-34)40-23-14-26-44(48(40)57-45)56-43-25-13-11-22-37(43)39-29-28-38-36-21-10-12-24-42(36)55(46(38)47(39)56)35-19-8-3-9-20-35/h1-31H/i10D,11D,24D,25D,28D,29D. The average molecular weight is 736 g/mol. The van der Waals surface area contributed by atoms with Gasteiger partial charge in [0, 0.05) is 54.7 Å². The summed E-state index contributed by atoms with van der Waals surface area (Å²) in [6.07, 6.45) is 0. The highest BCUT2D eigenvalue weighted by Gasteiger charge is 2.23. The molecule has 0 aliphatic carbocycles. The number of rotatable bonds is 5. The molecule has 4 aromatic heterocycles. The summed E-state index contributed by atoms with van der Waals surface area (Å²) < 4.78 is 65.7. The van der Waals surface area contributed by atoms with Crippen LogP contribution in [0.5, 0.6) is 0 Å². The molecule has 6 heteroatoms. The van der Waals surface area contributed by atoms with Crippen molar-refractivity contribution in [2.45, 2.75) is 0 Å². The fourth-order valence-corrected chi connectivity index (χ4v) is 8.16. The van der Waals surface area contributed by atoms with E-state index in [1.54, 1.807) is 12.1 Å². The van der Waals surface area contributed by atoms with E-state index in [1.807, 2.05) is 137 Å². The Morgan fingerprint density at radius 2 is 0.982 bits per heavy atom. The van der Waals surface area contributed by atoms with Crippen LogP contribution in [0.25, 0.3) is 111 Å². The predicted octanol–water partition coefficient (Wildman–Crippen LogP) is 13.0. The summed E-state index contributed by atoms with van der Waals surface area (Å²) in [4.78, 5) is 14.8. The Hall–Kier alpha value is -7.83. The molecule has 4 heterocycles. The van der Waals surface area contributed by atoms with Crippen molar-refractivity contribution in [1.82, 2.24) is 24.1 Å². The molecule has 12 rings (SSSR count). The van der Waals surface area contributed by atoms with Crippen LogP contribution in [-0.4, -0.2) is 24.1 Å². The first-order valence-corrected chi connectivity index (χ1v) is 18.6. The lowest BCUT2D eigenvalue weighted by Crippen LogP contribution is -2.00. The molecule has 0 saturated carbocycles. The minimum Gasteiger partial charge on any atom is -0.454 e. The topological polar surface area (TPSA) is 61.7 Å². The van der Waals surface area contributed by atoms with Crippen LogP contribution in [0.4, 0.5) is 0 Å². The Labute approximate surface area is 335 Å². The zero-order chi connectivity index (χ0) is 42.7. The zero-order valence-corrected chi connectivity index (χ0v) is 30.1. The predicted molar refractivity (Wildman–Crippen MR) is 232 cm³/mol. The van der Waals surface area contributed by atoms with Crippen LogP contribution >= 0.6 is 0 Å². The van der Waals surface area contributed by atoms with E-state index in [9.17, 15) is 4.11 Å². The highest BCUT2D eigenvalue weighted by atomic mass is 16.3. The summed E-state index contributed by atoms with van der Waals surface area (Å²) in [5.41, 5.74) is 6.94. The van der Waals surface area contributed by atoms with Gasteiger partial charge in [0.15, 0.2) is 23.1 Å². The summed E-state index contributed by atoms with van der Waals surface area (Å²) in [6.45, 7) is 0. The molecule has 0 bridgehead atoms. The number of para-hydroxylation sites is 4. The molecule has 6 nitrogen and oxygen atoms in total. The monoisotopic (exact) mass is 735 g/mol. The van der Waals surface area contributed by atoms with Crippen LogP contribution in [-0.2, 0) is 0 Å². The number of benzene rings is 8. The molecule has 0 fully saturated rings. The Bertz CT molecular complexity index is 3810. The molecule has 0 aliphatic heterocycles. The van der Waals surface area contributed by atoms with Gasteiger partial charge in [0.1, 0.15) is 5.58 Å². The average Bonchev–Trinajstić information content (AvgIpc) is 3.97. The van der Waals surface area contributed by atoms with Crippen molar-refractivity contribution < 1.29 is 12.6 Å². The highest BCUT2D eigenvalue weighted by molar-refractivity contribution is 6.24. The number of fused-ring (bicyclic) bond motifs is 10. The zero-order valence-electron chi connectivity index (χ0n) is 36.1. The summed E-state index contributed by atoms with van der Waals surface area (Å²) in [7, 11) is 0. The molecule has 0 aliphatic rings. The van der Waals surface area contributed by atoms with Crippen LogP contribution in [0.2, 0.25) is 0 Å². The molecule has 57 heavy (non-hydrogen) atoms. The van der Waals surface area contributed by atoms with Gasteiger partial charge in [0.2, 0.25) is 0 Å². The third kappa shape index (κ3) is 4.81. The molecule has 8 aromatic carbocycles. The van der Waals surface area contributed by atoms with Crippen molar-refractivity contribution in [3.05, 3.63) is 188 Å².